The van der Waals surface area contributed by atoms with Gasteiger partial charge in [0.15, 0.2) is 0 Å². The molecule has 3 heterocycles. The molecule has 126 valence electrons. The molecule has 2 saturated heterocycles. The van der Waals surface area contributed by atoms with Gasteiger partial charge in [0.25, 0.3) is 5.91 Å². The van der Waals surface area contributed by atoms with Crippen molar-refractivity contribution in [2.75, 3.05) is 25.0 Å². The summed E-state index contributed by atoms with van der Waals surface area (Å²) in [5, 5.41) is 3.56. The third-order valence-electron chi connectivity index (χ3n) is 4.93. The lowest BCUT2D eigenvalue weighted by atomic mass is 9.97. The standard InChI is InChI=1S/C18H22N4O2/c1-13-3-2-4-14(7-13)21-15-8-18(24-10-15)5-6-22(11-18)17(23)16-9-19-12-20-16/h2-4,7,9,12,15,21H,5-6,8,10-11H2,1H3,(H,19,20)/t15-,18+/m0/s1. The van der Waals surface area contributed by atoms with Crippen molar-refractivity contribution in [2.24, 2.45) is 0 Å². The van der Waals surface area contributed by atoms with Crippen molar-refractivity contribution in [2.45, 2.75) is 31.4 Å². The number of hydrogen-bond donors (Lipinski definition) is 2. The first-order valence-electron chi connectivity index (χ1n) is 8.38. The number of aromatic amines is 1. The van der Waals surface area contributed by atoms with Gasteiger partial charge in [-0.15, -0.1) is 0 Å². The van der Waals surface area contributed by atoms with Crippen LogP contribution in [0.1, 0.15) is 28.9 Å². The summed E-state index contributed by atoms with van der Waals surface area (Å²) in [6, 6.07) is 8.67. The smallest absolute Gasteiger partial charge is 0.272 e. The van der Waals surface area contributed by atoms with Gasteiger partial charge in [-0.3, -0.25) is 4.79 Å². The van der Waals surface area contributed by atoms with E-state index >= 15 is 0 Å². The molecule has 6 nitrogen and oxygen atoms in total. The Morgan fingerprint density at radius 2 is 2.42 bits per heavy atom. The van der Waals surface area contributed by atoms with Crippen LogP contribution in [-0.2, 0) is 4.74 Å². The minimum Gasteiger partial charge on any atom is -0.380 e. The third kappa shape index (κ3) is 2.89. The first kappa shape index (κ1) is 15.2. The highest BCUT2D eigenvalue weighted by Gasteiger charge is 2.47. The predicted molar refractivity (Wildman–Crippen MR) is 91.0 cm³/mol. The van der Waals surface area contributed by atoms with Gasteiger partial charge in [0.05, 0.1) is 37.3 Å². The number of aryl methyl sites for hydroxylation is 1. The Morgan fingerprint density at radius 3 is 3.21 bits per heavy atom. The van der Waals surface area contributed by atoms with E-state index < -0.39 is 0 Å². The maximum Gasteiger partial charge on any atom is 0.272 e. The molecule has 1 aromatic heterocycles. The largest absolute Gasteiger partial charge is 0.380 e. The molecule has 1 spiro atoms. The Bertz CT molecular complexity index is 730. The van der Waals surface area contributed by atoms with Gasteiger partial charge in [-0.1, -0.05) is 12.1 Å². The van der Waals surface area contributed by atoms with Crippen molar-refractivity contribution in [3.05, 3.63) is 48.0 Å². The zero-order chi connectivity index (χ0) is 16.6. The average molecular weight is 326 g/mol. The van der Waals surface area contributed by atoms with Gasteiger partial charge in [-0.2, -0.15) is 0 Å². The second kappa shape index (κ2) is 5.94. The zero-order valence-corrected chi connectivity index (χ0v) is 13.8. The number of rotatable bonds is 3. The van der Waals surface area contributed by atoms with Crippen LogP contribution >= 0.6 is 0 Å². The van der Waals surface area contributed by atoms with E-state index in [0.717, 1.165) is 25.1 Å². The van der Waals surface area contributed by atoms with Crippen LogP contribution in [0.3, 0.4) is 0 Å². The third-order valence-corrected chi connectivity index (χ3v) is 4.93. The summed E-state index contributed by atoms with van der Waals surface area (Å²) >= 11 is 0. The number of aromatic nitrogens is 2. The molecule has 0 unspecified atom stereocenters. The number of carbonyl (C=O) groups is 1. The van der Waals surface area contributed by atoms with E-state index in [4.69, 9.17) is 4.74 Å². The van der Waals surface area contributed by atoms with Crippen LogP contribution in [0.15, 0.2) is 36.8 Å². The fraction of sp³-hybridized carbons (Fsp3) is 0.444. The quantitative estimate of drug-likeness (QED) is 0.907. The lowest BCUT2D eigenvalue weighted by Gasteiger charge is -2.23. The Hall–Kier alpha value is -2.34. The number of benzene rings is 1. The first-order valence-corrected chi connectivity index (χ1v) is 8.38. The van der Waals surface area contributed by atoms with Crippen molar-refractivity contribution in [3.8, 4) is 0 Å². The monoisotopic (exact) mass is 326 g/mol. The van der Waals surface area contributed by atoms with Crippen LogP contribution in [0.25, 0.3) is 0 Å². The SMILES string of the molecule is Cc1cccc(N[C@@H]2CO[C@]3(CCN(C(=O)c4cnc[nH]4)C3)C2)c1. The van der Waals surface area contributed by atoms with E-state index in [0.29, 0.717) is 18.8 Å². The summed E-state index contributed by atoms with van der Waals surface area (Å²) in [6.45, 7) is 4.15. The highest BCUT2D eigenvalue weighted by molar-refractivity contribution is 5.92. The molecule has 0 bridgehead atoms. The molecule has 1 amide bonds. The van der Waals surface area contributed by atoms with E-state index in [9.17, 15) is 4.79 Å². The number of likely N-dealkylation sites (tertiary alicyclic amines) is 1. The zero-order valence-electron chi connectivity index (χ0n) is 13.8. The lowest BCUT2D eigenvalue weighted by molar-refractivity contribution is 0.0124. The molecule has 4 rings (SSSR count). The molecule has 6 heteroatoms. The Morgan fingerprint density at radius 1 is 1.50 bits per heavy atom. The number of nitrogens with zero attached hydrogens (tertiary/aromatic N) is 2. The van der Waals surface area contributed by atoms with Gasteiger partial charge in [0.1, 0.15) is 5.69 Å². The van der Waals surface area contributed by atoms with Crippen molar-refractivity contribution >= 4 is 11.6 Å². The van der Waals surface area contributed by atoms with E-state index in [-0.39, 0.29) is 17.6 Å². The Labute approximate surface area is 141 Å². The number of H-pyrrole nitrogens is 1. The van der Waals surface area contributed by atoms with Gasteiger partial charge in [-0.05, 0) is 31.0 Å². The molecule has 2 N–H and O–H groups in total. The van der Waals surface area contributed by atoms with Crippen LogP contribution in [0, 0.1) is 6.92 Å². The van der Waals surface area contributed by atoms with Gasteiger partial charge >= 0.3 is 0 Å². The molecule has 0 saturated carbocycles. The summed E-state index contributed by atoms with van der Waals surface area (Å²) in [6.07, 6.45) is 4.92. The van der Waals surface area contributed by atoms with Crippen LogP contribution in [-0.4, -0.2) is 52.1 Å². The van der Waals surface area contributed by atoms with E-state index in [1.807, 2.05) is 4.90 Å². The first-order chi connectivity index (χ1) is 11.6. The fourth-order valence-corrected chi connectivity index (χ4v) is 3.75. The van der Waals surface area contributed by atoms with Crippen molar-refractivity contribution in [1.29, 1.82) is 0 Å². The number of carbonyl (C=O) groups excluding carboxylic acids is 1. The number of nitrogens with one attached hydrogen (secondary N) is 2. The summed E-state index contributed by atoms with van der Waals surface area (Å²) in [5.41, 5.74) is 2.70. The summed E-state index contributed by atoms with van der Waals surface area (Å²) in [4.78, 5) is 21.1. The van der Waals surface area contributed by atoms with Crippen molar-refractivity contribution < 1.29 is 9.53 Å². The minimum atomic E-state index is -0.211. The number of imidazole rings is 1. The van der Waals surface area contributed by atoms with Gasteiger partial charge in [0.2, 0.25) is 0 Å². The normalized spacial score (nSPS) is 26.2. The molecule has 2 atom stereocenters. The summed E-state index contributed by atoms with van der Waals surface area (Å²) < 4.78 is 6.13. The lowest BCUT2D eigenvalue weighted by Crippen LogP contribution is -2.36. The summed E-state index contributed by atoms with van der Waals surface area (Å²) in [7, 11) is 0. The number of hydrogen-bond acceptors (Lipinski definition) is 4. The molecule has 24 heavy (non-hydrogen) atoms. The Kier molecular flexibility index (Phi) is 3.76. The minimum absolute atomic E-state index is 0.00284. The highest BCUT2D eigenvalue weighted by Crippen LogP contribution is 2.36. The molecule has 2 aromatic rings. The molecule has 2 aliphatic heterocycles. The molecule has 2 fully saturated rings. The second-order valence-corrected chi connectivity index (χ2v) is 6.85. The van der Waals surface area contributed by atoms with Crippen molar-refractivity contribution in [1.82, 2.24) is 14.9 Å². The molecule has 0 radical (unpaired) electrons. The fourth-order valence-electron chi connectivity index (χ4n) is 3.75. The predicted octanol–water partition coefficient (Wildman–Crippen LogP) is 2.20. The van der Waals surface area contributed by atoms with Crippen LogP contribution in [0.2, 0.25) is 0 Å². The Balaban J connectivity index is 1.39. The number of anilines is 1. The van der Waals surface area contributed by atoms with Crippen LogP contribution in [0.5, 0.6) is 0 Å². The van der Waals surface area contributed by atoms with Crippen LogP contribution in [0.4, 0.5) is 5.69 Å². The second-order valence-electron chi connectivity index (χ2n) is 6.85. The molecular weight excluding hydrogens is 304 g/mol. The number of amides is 1. The van der Waals surface area contributed by atoms with E-state index in [2.05, 4.69) is 46.5 Å². The molecule has 1 aromatic carbocycles. The van der Waals surface area contributed by atoms with Gasteiger partial charge < -0.3 is 19.9 Å². The maximum atomic E-state index is 12.4. The van der Waals surface area contributed by atoms with Gasteiger partial charge in [-0.25, -0.2) is 4.98 Å². The summed E-state index contributed by atoms with van der Waals surface area (Å²) in [5.74, 6) is 0.00284. The maximum absolute atomic E-state index is 12.4. The highest BCUT2D eigenvalue weighted by atomic mass is 16.5. The number of ether oxygens (including phenoxy) is 1. The average Bonchev–Trinajstić information content (AvgIpc) is 3.30. The van der Waals surface area contributed by atoms with Gasteiger partial charge in [0, 0.05) is 18.7 Å². The topological polar surface area (TPSA) is 70.2 Å². The van der Waals surface area contributed by atoms with Crippen LogP contribution < -0.4 is 5.32 Å². The van der Waals surface area contributed by atoms with E-state index in [1.54, 1.807) is 6.20 Å². The molecule has 2 aliphatic rings. The molecular formula is C18H22N4O2. The van der Waals surface area contributed by atoms with E-state index in [1.165, 1.54) is 11.9 Å². The molecule has 0 aliphatic carbocycles. The van der Waals surface area contributed by atoms with Crippen molar-refractivity contribution in [3.63, 3.8) is 0 Å².